The highest BCUT2D eigenvalue weighted by Crippen LogP contribution is 2.31. The van der Waals surface area contributed by atoms with Crippen molar-refractivity contribution in [3.05, 3.63) is 61.6 Å². The van der Waals surface area contributed by atoms with E-state index in [1.54, 1.807) is 0 Å². The molecule has 0 aromatic heterocycles. The molecule has 2 saturated carbocycles. The molecule has 2 nitrogen and oxygen atoms in total. The molecule has 0 aromatic carbocycles. The van der Waals surface area contributed by atoms with Gasteiger partial charge in [0, 0.05) is 0 Å². The first kappa shape index (κ1) is 22.4. The van der Waals surface area contributed by atoms with E-state index >= 15 is 0 Å². The van der Waals surface area contributed by atoms with Crippen molar-refractivity contribution < 1.29 is 18.3 Å². The monoisotopic (exact) mass is 392 g/mol. The van der Waals surface area contributed by atoms with Gasteiger partial charge in [0.1, 0.15) is 6.26 Å². The fourth-order valence-corrected chi connectivity index (χ4v) is 4.03. The van der Waals surface area contributed by atoms with Crippen LogP contribution in [0.5, 0.6) is 0 Å². The number of halogens is 2. The van der Waals surface area contributed by atoms with Gasteiger partial charge in [-0.3, -0.25) is 0 Å². The number of allylic oxidation sites excluding steroid dienone is 5. The molecule has 2 fully saturated rings. The number of rotatable bonds is 10. The van der Waals surface area contributed by atoms with Crippen molar-refractivity contribution in [3.8, 4) is 0 Å². The number of ether oxygens (including phenoxy) is 2. The van der Waals surface area contributed by atoms with E-state index < -0.39 is 11.7 Å². The van der Waals surface area contributed by atoms with E-state index in [1.807, 2.05) is 12.2 Å². The lowest BCUT2D eigenvalue weighted by Crippen LogP contribution is -2.17. The summed E-state index contributed by atoms with van der Waals surface area (Å²) < 4.78 is 39.3. The van der Waals surface area contributed by atoms with Gasteiger partial charge in [0.2, 0.25) is 5.83 Å². The maximum absolute atomic E-state index is 14.3. The summed E-state index contributed by atoms with van der Waals surface area (Å²) in [5.41, 5.74) is 0. The van der Waals surface area contributed by atoms with Crippen LogP contribution in [-0.4, -0.2) is 13.2 Å². The van der Waals surface area contributed by atoms with Crippen LogP contribution in [0.1, 0.15) is 51.4 Å². The van der Waals surface area contributed by atoms with E-state index in [-0.39, 0.29) is 5.76 Å². The largest absolute Gasteiger partial charge is 0.498 e. The molecule has 0 radical (unpaired) electrons. The Bertz CT molecular complexity index is 577. The van der Waals surface area contributed by atoms with Crippen molar-refractivity contribution in [2.75, 3.05) is 13.2 Å². The highest BCUT2D eigenvalue weighted by atomic mass is 19.2. The molecule has 0 amide bonds. The molecule has 0 aromatic rings. The summed E-state index contributed by atoms with van der Waals surface area (Å²) in [6.45, 7) is 12.0. The third-order valence-electron chi connectivity index (χ3n) is 6.05. The van der Waals surface area contributed by atoms with Gasteiger partial charge in [0.05, 0.1) is 13.2 Å². The Kier molecular flexibility index (Phi) is 9.52. The summed E-state index contributed by atoms with van der Waals surface area (Å²) in [6, 6.07) is 0. The van der Waals surface area contributed by atoms with Crippen molar-refractivity contribution in [1.82, 2.24) is 0 Å². The zero-order chi connectivity index (χ0) is 20.4. The summed E-state index contributed by atoms with van der Waals surface area (Å²) >= 11 is 0. The molecule has 2 rings (SSSR count). The molecule has 2 aliphatic rings. The maximum atomic E-state index is 14.3. The van der Waals surface area contributed by atoms with E-state index in [0.29, 0.717) is 36.9 Å². The van der Waals surface area contributed by atoms with Gasteiger partial charge in [0.25, 0.3) is 0 Å². The van der Waals surface area contributed by atoms with Gasteiger partial charge in [0.15, 0.2) is 11.6 Å². The van der Waals surface area contributed by atoms with Crippen LogP contribution in [0.4, 0.5) is 8.78 Å². The van der Waals surface area contributed by atoms with Gasteiger partial charge in [-0.2, -0.15) is 4.39 Å². The fraction of sp³-hybridized carbons (Fsp3) is 0.583. The van der Waals surface area contributed by atoms with E-state index in [0.717, 1.165) is 57.6 Å². The molecule has 28 heavy (non-hydrogen) atoms. The molecule has 0 atom stereocenters. The zero-order valence-corrected chi connectivity index (χ0v) is 16.9. The van der Waals surface area contributed by atoms with E-state index in [2.05, 4.69) is 19.7 Å². The molecule has 156 valence electrons. The van der Waals surface area contributed by atoms with Crippen LogP contribution in [0, 0.1) is 23.7 Å². The van der Waals surface area contributed by atoms with Crippen LogP contribution in [0.3, 0.4) is 0 Å². The van der Waals surface area contributed by atoms with Crippen molar-refractivity contribution in [2.45, 2.75) is 51.4 Å². The molecule has 0 bridgehead atoms. The Hall–Kier alpha value is -1.84. The lowest BCUT2D eigenvalue weighted by atomic mass is 9.82. The summed E-state index contributed by atoms with van der Waals surface area (Å²) in [4.78, 5) is 0. The Morgan fingerprint density at radius 3 is 1.75 bits per heavy atom. The minimum atomic E-state index is -1.05. The zero-order valence-electron chi connectivity index (χ0n) is 16.9. The summed E-state index contributed by atoms with van der Waals surface area (Å²) in [6.07, 6.45) is 14.5. The molecule has 0 N–H and O–H groups in total. The van der Waals surface area contributed by atoms with Crippen LogP contribution in [0.15, 0.2) is 61.6 Å². The summed E-state index contributed by atoms with van der Waals surface area (Å²) in [5, 5.41) is 0. The highest BCUT2D eigenvalue weighted by Gasteiger charge is 2.22. The Morgan fingerprint density at radius 1 is 0.786 bits per heavy atom. The predicted molar refractivity (Wildman–Crippen MR) is 111 cm³/mol. The fourth-order valence-electron chi connectivity index (χ4n) is 4.03. The average molecular weight is 393 g/mol. The minimum Gasteiger partial charge on any atom is -0.498 e. The third kappa shape index (κ3) is 6.96. The lowest BCUT2D eigenvalue weighted by Gasteiger charge is -2.26. The van der Waals surface area contributed by atoms with Crippen molar-refractivity contribution in [3.63, 3.8) is 0 Å². The SMILES string of the molecule is C=C/C(OCC1CCC(C=C)CC1)=C(F)\C(F)=C\OCC1CCC(C=C)CC1. The molecule has 4 heteroatoms. The van der Waals surface area contributed by atoms with E-state index in [1.165, 1.54) is 6.08 Å². The summed E-state index contributed by atoms with van der Waals surface area (Å²) in [7, 11) is 0. The first-order chi connectivity index (χ1) is 13.6. The van der Waals surface area contributed by atoms with Gasteiger partial charge >= 0.3 is 0 Å². The first-order valence-corrected chi connectivity index (χ1v) is 10.4. The van der Waals surface area contributed by atoms with Gasteiger partial charge in [-0.1, -0.05) is 18.7 Å². The Morgan fingerprint density at radius 2 is 1.29 bits per heavy atom. The van der Waals surface area contributed by atoms with Gasteiger partial charge in [-0.25, -0.2) is 4.39 Å². The van der Waals surface area contributed by atoms with Crippen LogP contribution >= 0.6 is 0 Å². The molecular formula is C24H34F2O2. The molecule has 2 aliphatic carbocycles. The minimum absolute atomic E-state index is 0.158. The topological polar surface area (TPSA) is 18.5 Å². The van der Waals surface area contributed by atoms with Crippen molar-refractivity contribution >= 4 is 0 Å². The third-order valence-corrected chi connectivity index (χ3v) is 6.05. The predicted octanol–water partition coefficient (Wildman–Crippen LogP) is 7.18. The molecule has 0 spiro atoms. The Balaban J connectivity index is 1.78. The van der Waals surface area contributed by atoms with Crippen LogP contribution in [0.25, 0.3) is 0 Å². The summed E-state index contributed by atoms with van der Waals surface area (Å²) in [5.74, 6) is -0.388. The smallest absolute Gasteiger partial charge is 0.203 e. The van der Waals surface area contributed by atoms with E-state index in [4.69, 9.17) is 9.47 Å². The number of hydrogen-bond donors (Lipinski definition) is 0. The van der Waals surface area contributed by atoms with Crippen LogP contribution in [0.2, 0.25) is 0 Å². The maximum Gasteiger partial charge on any atom is 0.203 e. The Labute approximate surface area is 168 Å². The van der Waals surface area contributed by atoms with Crippen LogP contribution in [-0.2, 0) is 9.47 Å². The molecular weight excluding hydrogens is 358 g/mol. The number of hydrogen-bond acceptors (Lipinski definition) is 2. The standard InChI is InChI=1S/C24H34F2O2/c1-4-18-7-11-20(12-8-18)15-27-17-22(25)24(26)23(6-3)28-16-21-13-9-19(5-2)10-14-21/h4-6,17-21H,1-3,7-16H2/b22-17-,24-23-. The average Bonchev–Trinajstić information content (AvgIpc) is 2.74. The van der Waals surface area contributed by atoms with Crippen LogP contribution < -0.4 is 0 Å². The lowest BCUT2D eigenvalue weighted by molar-refractivity contribution is 0.134. The second kappa shape index (κ2) is 11.9. The first-order valence-electron chi connectivity index (χ1n) is 10.4. The molecule has 0 unspecified atom stereocenters. The van der Waals surface area contributed by atoms with Gasteiger partial charge in [-0.15, -0.1) is 13.2 Å². The van der Waals surface area contributed by atoms with Crippen molar-refractivity contribution in [1.29, 1.82) is 0 Å². The highest BCUT2D eigenvalue weighted by molar-refractivity contribution is 5.26. The van der Waals surface area contributed by atoms with Gasteiger partial charge < -0.3 is 9.47 Å². The normalized spacial score (nSPS) is 29.4. The van der Waals surface area contributed by atoms with E-state index in [9.17, 15) is 8.78 Å². The second-order valence-electron chi connectivity index (χ2n) is 8.03. The molecule has 0 saturated heterocycles. The van der Waals surface area contributed by atoms with Crippen molar-refractivity contribution in [2.24, 2.45) is 23.7 Å². The molecule has 0 heterocycles. The molecule has 0 aliphatic heterocycles. The van der Waals surface area contributed by atoms with Gasteiger partial charge in [-0.05, 0) is 81.1 Å². The second-order valence-corrected chi connectivity index (χ2v) is 8.03. The quantitative estimate of drug-likeness (QED) is 0.223.